The predicted octanol–water partition coefficient (Wildman–Crippen LogP) is 5.45. The van der Waals surface area contributed by atoms with Crippen molar-refractivity contribution in [3.8, 4) is 17.0 Å². The van der Waals surface area contributed by atoms with E-state index in [1.165, 1.54) is 18.3 Å². The fourth-order valence-electron chi connectivity index (χ4n) is 5.11. The van der Waals surface area contributed by atoms with Crippen molar-refractivity contribution >= 4 is 50.3 Å². The Morgan fingerprint density at radius 2 is 1.79 bits per heavy atom. The molecule has 0 radical (unpaired) electrons. The molecule has 0 unspecified atom stereocenters. The highest BCUT2D eigenvalue weighted by Gasteiger charge is 2.37. The van der Waals surface area contributed by atoms with E-state index in [1.807, 2.05) is 7.05 Å². The third-order valence-corrected chi connectivity index (χ3v) is 9.19. The van der Waals surface area contributed by atoms with Gasteiger partial charge in [0.1, 0.15) is 11.5 Å². The Balaban J connectivity index is 1.50. The maximum atomic E-state index is 16.0. The minimum absolute atomic E-state index is 0.0174. The molecule has 4 aromatic rings. The molecule has 15 heteroatoms. The largest absolute Gasteiger partial charge is 0.480 e. The summed E-state index contributed by atoms with van der Waals surface area (Å²) in [5.74, 6) is -2.49. The van der Waals surface area contributed by atoms with E-state index in [4.69, 9.17) is 16.3 Å². The van der Waals surface area contributed by atoms with Gasteiger partial charge in [-0.05, 0) is 68.6 Å². The van der Waals surface area contributed by atoms with Crippen LogP contribution in [0.1, 0.15) is 25.7 Å². The zero-order valence-electron chi connectivity index (χ0n) is 23.0. The molecular formula is C28H27ClF2N6O5S. The first kappa shape index (κ1) is 30.3. The molecule has 0 spiro atoms. The van der Waals surface area contributed by atoms with Gasteiger partial charge >= 0.3 is 6.09 Å². The minimum atomic E-state index is -5.04. The van der Waals surface area contributed by atoms with E-state index >= 15 is 8.78 Å². The summed E-state index contributed by atoms with van der Waals surface area (Å²) in [6.45, 7) is 0. The number of rotatable bonds is 8. The lowest BCUT2D eigenvalue weighted by Gasteiger charge is -2.28. The van der Waals surface area contributed by atoms with Crippen molar-refractivity contribution in [3.05, 3.63) is 65.4 Å². The van der Waals surface area contributed by atoms with Gasteiger partial charge in [0.25, 0.3) is 10.0 Å². The van der Waals surface area contributed by atoms with Crippen molar-refractivity contribution in [1.82, 2.24) is 20.3 Å². The minimum Gasteiger partial charge on any atom is -0.480 e. The van der Waals surface area contributed by atoms with E-state index in [2.05, 4.69) is 25.6 Å². The third-order valence-electron chi connectivity index (χ3n) is 7.30. The van der Waals surface area contributed by atoms with Gasteiger partial charge in [0.2, 0.25) is 11.8 Å². The first-order chi connectivity index (χ1) is 20.5. The maximum absolute atomic E-state index is 16.0. The van der Waals surface area contributed by atoms with Crippen LogP contribution in [0.5, 0.6) is 5.88 Å². The molecule has 1 aliphatic rings. The number of pyridine rings is 1. The molecule has 1 saturated carbocycles. The summed E-state index contributed by atoms with van der Waals surface area (Å²) in [5, 5.41) is 16.8. The number of hydrogen-bond acceptors (Lipinski definition) is 9. The summed E-state index contributed by atoms with van der Waals surface area (Å²) in [5.41, 5.74) is -1.04. The monoisotopic (exact) mass is 632 g/mol. The SMILES string of the molecule is CNC1CCC(Nc2ncc3cc(-c4c(F)ccc(N(C(=O)O)S(=O)(=O)c5cc(Cl)cnc5OC)c4F)ccc3n2)CC1. The average molecular weight is 633 g/mol. The van der Waals surface area contributed by atoms with Crippen LogP contribution in [-0.2, 0) is 10.0 Å². The molecule has 0 bridgehead atoms. The number of nitrogens with zero attached hydrogens (tertiary/aromatic N) is 4. The molecule has 3 N–H and O–H groups in total. The van der Waals surface area contributed by atoms with Crippen molar-refractivity contribution in [1.29, 1.82) is 0 Å². The number of ether oxygens (including phenoxy) is 1. The van der Waals surface area contributed by atoms with Crippen LogP contribution in [0.3, 0.4) is 0 Å². The highest BCUT2D eigenvalue weighted by Crippen LogP contribution is 2.37. The van der Waals surface area contributed by atoms with Crippen LogP contribution in [-0.4, -0.2) is 60.8 Å². The first-order valence-electron chi connectivity index (χ1n) is 13.2. The van der Waals surface area contributed by atoms with E-state index < -0.39 is 49.8 Å². The van der Waals surface area contributed by atoms with Crippen molar-refractivity contribution < 1.29 is 31.8 Å². The summed E-state index contributed by atoms with van der Waals surface area (Å²) in [6.07, 6.45) is 4.55. The molecule has 11 nitrogen and oxygen atoms in total. The molecule has 1 fully saturated rings. The van der Waals surface area contributed by atoms with E-state index in [-0.39, 0.29) is 20.9 Å². The summed E-state index contributed by atoms with van der Waals surface area (Å²) in [6, 6.07) is 7.53. The van der Waals surface area contributed by atoms with Gasteiger partial charge in [-0.3, -0.25) is 0 Å². The predicted molar refractivity (Wildman–Crippen MR) is 157 cm³/mol. The fraction of sp³-hybridized carbons (Fsp3) is 0.286. The number of sulfonamides is 1. The van der Waals surface area contributed by atoms with Crippen LogP contribution >= 0.6 is 11.6 Å². The number of methoxy groups -OCH3 is 1. The number of benzene rings is 2. The third kappa shape index (κ3) is 6.03. The molecule has 0 saturated heterocycles. The highest BCUT2D eigenvalue weighted by molar-refractivity contribution is 7.93. The van der Waals surface area contributed by atoms with Gasteiger partial charge in [0.05, 0.1) is 23.2 Å². The quantitative estimate of drug-likeness (QED) is 0.229. The molecule has 5 rings (SSSR count). The lowest BCUT2D eigenvalue weighted by Crippen LogP contribution is -2.37. The standard InChI is InChI=1S/C28H27ClF2N6O5S/c1-32-18-4-6-19(7-5-18)35-27-34-13-16-11-15(3-9-21(16)36-27)24-20(30)8-10-22(25(24)31)37(28(38)39)43(40,41)23-12-17(29)14-33-26(23)42-2/h3,8-14,18-19,32H,4-7H2,1-2H3,(H,38,39)(H,34,35,36). The summed E-state index contributed by atoms with van der Waals surface area (Å²) < 4.78 is 62.7. The van der Waals surface area contributed by atoms with Gasteiger partial charge in [-0.15, -0.1) is 0 Å². The number of hydrogen-bond donors (Lipinski definition) is 3. The number of aromatic nitrogens is 3. The fourth-order valence-corrected chi connectivity index (χ4v) is 6.77. The Hall–Kier alpha value is -4.14. The van der Waals surface area contributed by atoms with Crippen LogP contribution in [0.2, 0.25) is 5.02 Å². The van der Waals surface area contributed by atoms with Gasteiger partial charge in [0, 0.05) is 29.9 Å². The molecule has 1 amide bonds. The summed E-state index contributed by atoms with van der Waals surface area (Å²) >= 11 is 5.90. The van der Waals surface area contributed by atoms with Gasteiger partial charge in [0.15, 0.2) is 10.7 Å². The lowest BCUT2D eigenvalue weighted by molar-refractivity contribution is 0.206. The zero-order valence-corrected chi connectivity index (χ0v) is 24.6. The Morgan fingerprint density at radius 1 is 1.07 bits per heavy atom. The van der Waals surface area contributed by atoms with E-state index in [9.17, 15) is 18.3 Å². The molecule has 2 aromatic heterocycles. The lowest BCUT2D eigenvalue weighted by atomic mass is 9.91. The summed E-state index contributed by atoms with van der Waals surface area (Å²) in [4.78, 5) is 24.1. The van der Waals surface area contributed by atoms with Crippen LogP contribution in [0, 0.1) is 11.6 Å². The number of halogens is 3. The number of carbonyl (C=O) groups is 1. The number of amides is 1. The molecule has 1 aliphatic carbocycles. The molecule has 0 atom stereocenters. The maximum Gasteiger partial charge on any atom is 0.426 e. The van der Waals surface area contributed by atoms with Crippen molar-refractivity contribution in [2.45, 2.75) is 42.7 Å². The second-order valence-electron chi connectivity index (χ2n) is 9.92. The van der Waals surface area contributed by atoms with E-state index in [1.54, 1.807) is 6.07 Å². The van der Waals surface area contributed by atoms with Gasteiger partial charge in [-0.25, -0.2) is 36.9 Å². The highest BCUT2D eigenvalue weighted by atomic mass is 35.5. The second kappa shape index (κ2) is 12.2. The smallest absolute Gasteiger partial charge is 0.426 e. The van der Waals surface area contributed by atoms with Crippen molar-refractivity contribution in [2.24, 2.45) is 0 Å². The van der Waals surface area contributed by atoms with Crippen LogP contribution in [0.25, 0.3) is 22.0 Å². The van der Waals surface area contributed by atoms with E-state index in [0.29, 0.717) is 22.9 Å². The topological polar surface area (TPSA) is 147 Å². The molecular weight excluding hydrogens is 606 g/mol. The molecule has 2 aromatic carbocycles. The van der Waals surface area contributed by atoms with Gasteiger partial charge in [-0.1, -0.05) is 17.7 Å². The number of anilines is 2. The van der Waals surface area contributed by atoms with E-state index in [0.717, 1.165) is 57.2 Å². The molecule has 2 heterocycles. The van der Waals surface area contributed by atoms with Crippen molar-refractivity contribution in [2.75, 3.05) is 23.8 Å². The number of nitrogens with one attached hydrogen (secondary N) is 2. The zero-order chi connectivity index (χ0) is 30.9. The normalized spacial score (nSPS) is 17.0. The average Bonchev–Trinajstić information content (AvgIpc) is 2.98. The second-order valence-corrected chi connectivity index (χ2v) is 12.1. The Morgan fingerprint density at radius 3 is 2.47 bits per heavy atom. The molecule has 43 heavy (non-hydrogen) atoms. The van der Waals surface area contributed by atoms with Gasteiger partial charge in [-0.2, -0.15) is 4.31 Å². The Labute approximate surface area is 250 Å². The van der Waals surface area contributed by atoms with Gasteiger partial charge < -0.3 is 20.5 Å². The first-order valence-corrected chi connectivity index (χ1v) is 15.0. The van der Waals surface area contributed by atoms with Crippen LogP contribution in [0.4, 0.5) is 25.2 Å². The Bertz CT molecular complexity index is 1800. The number of carboxylic acid groups (broad SMARTS) is 1. The number of fused-ring (bicyclic) bond motifs is 1. The van der Waals surface area contributed by atoms with Crippen molar-refractivity contribution in [3.63, 3.8) is 0 Å². The Kier molecular flexibility index (Phi) is 8.62. The molecule has 226 valence electrons. The summed E-state index contributed by atoms with van der Waals surface area (Å²) in [7, 11) is -1.97. The molecule has 0 aliphatic heterocycles. The van der Waals surface area contributed by atoms with Crippen LogP contribution in [0.15, 0.2) is 53.7 Å². The van der Waals surface area contributed by atoms with Crippen LogP contribution < -0.4 is 19.7 Å².